The predicted molar refractivity (Wildman–Crippen MR) is 72.2 cm³/mol. The molecule has 5 heteroatoms. The van der Waals surface area contributed by atoms with Crippen molar-refractivity contribution in [1.82, 2.24) is 4.72 Å². The van der Waals surface area contributed by atoms with E-state index in [4.69, 9.17) is 0 Å². The van der Waals surface area contributed by atoms with Gasteiger partial charge < -0.3 is 4.72 Å². The summed E-state index contributed by atoms with van der Waals surface area (Å²) in [4.78, 5) is 0.684. The van der Waals surface area contributed by atoms with Crippen LogP contribution in [-0.2, 0) is 11.0 Å². The van der Waals surface area contributed by atoms with Crippen LogP contribution in [0.25, 0.3) is 0 Å². The third-order valence-electron chi connectivity index (χ3n) is 3.23. The SMILES string of the molecule is Cc1ccc([S@](=O)NC=C2CCC(F)(F)CC2)cc1. The van der Waals surface area contributed by atoms with Gasteiger partial charge in [0.05, 0.1) is 4.90 Å². The molecule has 0 aromatic heterocycles. The molecular formula is C14H17F2NOS. The number of nitrogens with one attached hydrogen (secondary N) is 1. The van der Waals surface area contributed by atoms with Crippen molar-refractivity contribution in [3.05, 3.63) is 41.6 Å². The lowest BCUT2D eigenvalue weighted by molar-refractivity contribution is -0.0246. The van der Waals surface area contributed by atoms with Crippen molar-refractivity contribution in [2.24, 2.45) is 0 Å². The zero-order valence-electron chi connectivity index (χ0n) is 10.8. The Balaban J connectivity index is 1.92. The molecule has 0 spiro atoms. The van der Waals surface area contributed by atoms with Crippen molar-refractivity contribution >= 4 is 11.0 Å². The molecule has 0 radical (unpaired) electrons. The second-order valence-corrected chi connectivity index (χ2v) is 6.10. The number of allylic oxidation sites excluding steroid dienone is 1. The van der Waals surface area contributed by atoms with E-state index in [9.17, 15) is 13.0 Å². The van der Waals surface area contributed by atoms with Crippen LogP contribution in [0.1, 0.15) is 31.2 Å². The Morgan fingerprint density at radius 2 is 1.79 bits per heavy atom. The third-order valence-corrected chi connectivity index (χ3v) is 4.26. The van der Waals surface area contributed by atoms with E-state index in [0.717, 1.165) is 11.1 Å². The highest BCUT2D eigenvalue weighted by atomic mass is 32.2. The molecule has 19 heavy (non-hydrogen) atoms. The average Bonchev–Trinajstić information content (AvgIpc) is 2.38. The van der Waals surface area contributed by atoms with Crippen molar-refractivity contribution in [3.63, 3.8) is 0 Å². The van der Waals surface area contributed by atoms with Gasteiger partial charge in [0.2, 0.25) is 5.92 Å². The number of alkyl halides is 2. The molecule has 104 valence electrons. The van der Waals surface area contributed by atoms with Gasteiger partial charge in [0.1, 0.15) is 11.0 Å². The van der Waals surface area contributed by atoms with E-state index >= 15 is 0 Å². The lowest BCUT2D eigenvalue weighted by Gasteiger charge is -2.23. The Morgan fingerprint density at radius 3 is 2.37 bits per heavy atom. The van der Waals surface area contributed by atoms with Gasteiger partial charge in [0.15, 0.2) is 0 Å². The number of rotatable bonds is 3. The fraction of sp³-hybridized carbons (Fsp3) is 0.429. The fourth-order valence-corrected chi connectivity index (χ4v) is 2.74. The van der Waals surface area contributed by atoms with E-state index in [1.807, 2.05) is 19.1 Å². The molecule has 0 amide bonds. The molecule has 0 saturated heterocycles. The fourth-order valence-electron chi connectivity index (χ4n) is 1.95. The van der Waals surface area contributed by atoms with E-state index in [1.165, 1.54) is 0 Å². The second kappa shape index (κ2) is 5.82. The zero-order valence-corrected chi connectivity index (χ0v) is 11.6. The largest absolute Gasteiger partial charge is 0.308 e. The Hall–Kier alpha value is -1.23. The van der Waals surface area contributed by atoms with Crippen molar-refractivity contribution in [2.75, 3.05) is 0 Å². The lowest BCUT2D eigenvalue weighted by atomic mass is 9.93. The molecule has 0 bridgehead atoms. The minimum absolute atomic E-state index is 0.113. The molecule has 1 saturated carbocycles. The van der Waals surface area contributed by atoms with Gasteiger partial charge in [-0.25, -0.2) is 13.0 Å². The quantitative estimate of drug-likeness (QED) is 0.901. The van der Waals surface area contributed by atoms with Crippen LogP contribution in [-0.4, -0.2) is 10.1 Å². The smallest absolute Gasteiger partial charge is 0.248 e. The number of hydrogen-bond acceptors (Lipinski definition) is 1. The standard InChI is InChI=1S/C14H17F2NOS/c1-11-2-4-13(5-3-11)19(18)17-10-12-6-8-14(15,16)9-7-12/h2-5,10,17H,6-9H2,1H3/t19-/m0/s1. The molecule has 1 atom stereocenters. The molecular weight excluding hydrogens is 268 g/mol. The summed E-state index contributed by atoms with van der Waals surface area (Å²) in [5, 5.41) is 0. The summed E-state index contributed by atoms with van der Waals surface area (Å²) in [5.74, 6) is -2.53. The summed E-state index contributed by atoms with van der Waals surface area (Å²) in [6, 6.07) is 7.38. The highest BCUT2D eigenvalue weighted by Gasteiger charge is 2.32. The Bertz CT molecular complexity index is 485. The third kappa shape index (κ3) is 4.13. The highest BCUT2D eigenvalue weighted by Crippen LogP contribution is 2.35. The first-order valence-corrected chi connectivity index (χ1v) is 7.42. The summed E-state index contributed by atoms with van der Waals surface area (Å²) in [5.41, 5.74) is 2.01. The van der Waals surface area contributed by atoms with Crippen LogP contribution >= 0.6 is 0 Å². The average molecular weight is 285 g/mol. The topological polar surface area (TPSA) is 29.1 Å². The van der Waals surface area contributed by atoms with Crippen LogP contribution in [0.5, 0.6) is 0 Å². The molecule has 1 aliphatic rings. The summed E-state index contributed by atoms with van der Waals surface area (Å²) in [6.45, 7) is 1.96. The Morgan fingerprint density at radius 1 is 1.21 bits per heavy atom. The van der Waals surface area contributed by atoms with Crippen LogP contribution in [0.4, 0.5) is 8.78 Å². The van der Waals surface area contributed by atoms with Gasteiger partial charge in [0.25, 0.3) is 0 Å². The summed E-state index contributed by atoms with van der Waals surface area (Å²) < 4.78 is 40.7. The minimum atomic E-state index is -2.53. The molecule has 1 N–H and O–H groups in total. The predicted octanol–water partition coefficient (Wildman–Crippen LogP) is 3.70. The van der Waals surface area contributed by atoms with E-state index in [-0.39, 0.29) is 12.8 Å². The lowest BCUT2D eigenvalue weighted by Crippen LogP contribution is -2.21. The maximum atomic E-state index is 13.0. The van der Waals surface area contributed by atoms with E-state index in [1.54, 1.807) is 18.3 Å². The molecule has 2 rings (SSSR count). The maximum Gasteiger partial charge on any atom is 0.248 e. The molecule has 1 aromatic carbocycles. The molecule has 2 nitrogen and oxygen atoms in total. The molecule has 0 aliphatic heterocycles. The van der Waals surface area contributed by atoms with Crippen molar-refractivity contribution in [2.45, 2.75) is 43.4 Å². The van der Waals surface area contributed by atoms with Crippen LogP contribution < -0.4 is 4.72 Å². The molecule has 1 fully saturated rings. The van der Waals surface area contributed by atoms with E-state index in [0.29, 0.717) is 17.7 Å². The molecule has 1 aromatic rings. The number of benzene rings is 1. The highest BCUT2D eigenvalue weighted by molar-refractivity contribution is 7.83. The molecule has 0 heterocycles. The van der Waals surface area contributed by atoms with Gasteiger partial charge in [0, 0.05) is 19.0 Å². The second-order valence-electron chi connectivity index (χ2n) is 4.86. The minimum Gasteiger partial charge on any atom is -0.308 e. The van der Waals surface area contributed by atoms with E-state index < -0.39 is 16.9 Å². The van der Waals surface area contributed by atoms with Gasteiger partial charge >= 0.3 is 0 Å². The monoisotopic (exact) mass is 285 g/mol. The van der Waals surface area contributed by atoms with Crippen LogP contribution in [0.15, 0.2) is 40.9 Å². The number of aryl methyl sites for hydroxylation is 1. The van der Waals surface area contributed by atoms with Gasteiger partial charge in [-0.15, -0.1) is 0 Å². The molecule has 0 unspecified atom stereocenters. The Labute approximate surface area is 114 Å². The van der Waals surface area contributed by atoms with Gasteiger partial charge in [-0.1, -0.05) is 23.3 Å². The van der Waals surface area contributed by atoms with Crippen LogP contribution in [0, 0.1) is 6.92 Å². The maximum absolute atomic E-state index is 13.0. The number of hydrogen-bond donors (Lipinski definition) is 1. The first-order valence-electron chi connectivity index (χ1n) is 6.27. The van der Waals surface area contributed by atoms with Gasteiger partial charge in [-0.2, -0.15) is 0 Å². The van der Waals surface area contributed by atoms with Crippen LogP contribution in [0.3, 0.4) is 0 Å². The summed E-state index contributed by atoms with van der Waals surface area (Å²) >= 11 is 0. The van der Waals surface area contributed by atoms with Crippen molar-refractivity contribution < 1.29 is 13.0 Å². The van der Waals surface area contributed by atoms with Crippen LogP contribution in [0.2, 0.25) is 0 Å². The van der Waals surface area contributed by atoms with Crippen molar-refractivity contribution in [1.29, 1.82) is 0 Å². The summed E-state index contributed by atoms with van der Waals surface area (Å²) in [6.07, 6.45) is 2.14. The Kier molecular flexibility index (Phi) is 4.34. The number of halogens is 2. The van der Waals surface area contributed by atoms with Gasteiger partial charge in [-0.3, -0.25) is 0 Å². The molecule has 1 aliphatic carbocycles. The zero-order chi connectivity index (χ0) is 13.9. The first-order chi connectivity index (χ1) is 8.96. The van der Waals surface area contributed by atoms with Crippen molar-refractivity contribution in [3.8, 4) is 0 Å². The first kappa shape index (κ1) is 14.2. The normalized spacial score (nSPS) is 19.8. The summed E-state index contributed by atoms with van der Waals surface area (Å²) in [7, 11) is -1.33. The van der Waals surface area contributed by atoms with Gasteiger partial charge in [-0.05, 0) is 31.9 Å². The van der Waals surface area contributed by atoms with E-state index in [2.05, 4.69) is 4.72 Å².